The van der Waals surface area contributed by atoms with Gasteiger partial charge >= 0.3 is 11.7 Å². The molecule has 1 aromatic carbocycles. The second-order valence-corrected chi connectivity index (χ2v) is 4.66. The number of aromatic nitrogens is 2. The quantitative estimate of drug-likeness (QED) is 0.666. The lowest BCUT2D eigenvalue weighted by Crippen LogP contribution is -2.08. The van der Waals surface area contributed by atoms with Crippen molar-refractivity contribution in [2.75, 3.05) is 0 Å². The fourth-order valence-corrected chi connectivity index (χ4v) is 1.82. The molecule has 0 fully saturated rings. The van der Waals surface area contributed by atoms with Crippen LogP contribution >= 0.6 is 23.2 Å². The van der Waals surface area contributed by atoms with E-state index in [0.29, 0.717) is 10.0 Å². The lowest BCUT2D eigenvalue weighted by atomic mass is 10.3. The third-order valence-electron chi connectivity index (χ3n) is 2.39. The Kier molecular flexibility index (Phi) is 4.29. The minimum atomic E-state index is -1.50. The molecule has 110 valence electrons. The maximum absolute atomic E-state index is 10.9. The van der Waals surface area contributed by atoms with Crippen LogP contribution in [0.4, 0.5) is 5.69 Å². The number of carbonyl (C=O) groups is 1. The van der Waals surface area contributed by atoms with Gasteiger partial charge in [0.1, 0.15) is 11.9 Å². The number of rotatable bonds is 5. The normalized spacial score (nSPS) is 10.4. The number of carboxylic acids is 1. The Morgan fingerprint density at radius 3 is 2.76 bits per heavy atom. The number of benzene rings is 1. The summed E-state index contributed by atoms with van der Waals surface area (Å²) in [5, 5.41) is 23.8. The van der Waals surface area contributed by atoms with Crippen LogP contribution in [0.3, 0.4) is 0 Å². The van der Waals surface area contributed by atoms with Crippen molar-refractivity contribution in [2.45, 2.75) is 6.73 Å². The number of nitro groups is 1. The molecule has 2 aromatic rings. The molecule has 0 amide bonds. The van der Waals surface area contributed by atoms with Crippen LogP contribution in [0, 0.1) is 10.1 Å². The van der Waals surface area contributed by atoms with Crippen LogP contribution in [0.15, 0.2) is 24.4 Å². The number of aromatic carboxylic acids is 1. The fraction of sp³-hybridized carbons (Fsp3) is 0.0909. The second kappa shape index (κ2) is 5.98. The molecule has 0 saturated heterocycles. The van der Waals surface area contributed by atoms with E-state index in [1.54, 1.807) is 6.07 Å². The molecular formula is C11H7Cl2N3O5. The summed E-state index contributed by atoms with van der Waals surface area (Å²) in [6.07, 6.45) is 0.960. The van der Waals surface area contributed by atoms with Crippen LogP contribution in [-0.4, -0.2) is 25.8 Å². The molecule has 1 aromatic heterocycles. The molecule has 10 heteroatoms. The van der Waals surface area contributed by atoms with E-state index >= 15 is 0 Å². The van der Waals surface area contributed by atoms with Crippen LogP contribution in [0.5, 0.6) is 5.75 Å². The lowest BCUT2D eigenvalue weighted by Gasteiger charge is -2.07. The first-order chi connectivity index (χ1) is 9.88. The van der Waals surface area contributed by atoms with Crippen molar-refractivity contribution in [3.05, 3.63) is 50.2 Å². The zero-order chi connectivity index (χ0) is 15.6. The molecule has 0 atom stereocenters. The number of hydrogen-bond donors (Lipinski definition) is 1. The molecule has 1 heterocycles. The van der Waals surface area contributed by atoms with Crippen molar-refractivity contribution in [3.8, 4) is 5.75 Å². The summed E-state index contributed by atoms with van der Waals surface area (Å²) in [6.45, 7) is -0.256. The van der Waals surface area contributed by atoms with E-state index in [2.05, 4.69) is 5.10 Å². The van der Waals surface area contributed by atoms with Gasteiger partial charge in [0.05, 0.1) is 9.95 Å². The van der Waals surface area contributed by atoms with Gasteiger partial charge in [0.25, 0.3) is 0 Å². The number of ether oxygens (including phenoxy) is 1. The highest BCUT2D eigenvalue weighted by atomic mass is 35.5. The summed E-state index contributed by atoms with van der Waals surface area (Å²) in [7, 11) is 0. The Balaban J connectivity index is 2.20. The maximum atomic E-state index is 10.9. The molecule has 0 aliphatic rings. The average molecular weight is 332 g/mol. The summed E-state index contributed by atoms with van der Waals surface area (Å²) in [4.78, 5) is 20.7. The largest absolute Gasteiger partial charge is 0.476 e. The van der Waals surface area contributed by atoms with E-state index in [9.17, 15) is 14.9 Å². The van der Waals surface area contributed by atoms with Crippen LogP contribution < -0.4 is 4.74 Å². The third kappa shape index (κ3) is 3.41. The van der Waals surface area contributed by atoms with Crippen LogP contribution in [0.1, 0.15) is 10.5 Å². The van der Waals surface area contributed by atoms with E-state index in [0.717, 1.165) is 10.9 Å². The zero-order valence-corrected chi connectivity index (χ0v) is 11.7. The highest BCUT2D eigenvalue weighted by Crippen LogP contribution is 2.28. The Hall–Kier alpha value is -2.32. The van der Waals surface area contributed by atoms with E-state index in [1.807, 2.05) is 0 Å². The first-order valence-electron chi connectivity index (χ1n) is 5.41. The Labute approximate surface area is 127 Å². The maximum Gasteiger partial charge on any atom is 0.363 e. The van der Waals surface area contributed by atoms with Gasteiger partial charge < -0.3 is 9.84 Å². The van der Waals surface area contributed by atoms with Gasteiger partial charge in [-0.3, -0.25) is 10.1 Å². The van der Waals surface area contributed by atoms with E-state index in [1.165, 1.54) is 12.1 Å². The van der Waals surface area contributed by atoms with Crippen molar-refractivity contribution in [1.82, 2.24) is 9.78 Å². The van der Waals surface area contributed by atoms with Crippen LogP contribution in [0.2, 0.25) is 10.0 Å². The van der Waals surface area contributed by atoms with Crippen molar-refractivity contribution in [3.63, 3.8) is 0 Å². The molecule has 21 heavy (non-hydrogen) atoms. The number of halogens is 2. The number of nitrogens with zero attached hydrogens (tertiary/aromatic N) is 3. The summed E-state index contributed by atoms with van der Waals surface area (Å²) in [5.74, 6) is -1.25. The first-order valence-corrected chi connectivity index (χ1v) is 6.17. The van der Waals surface area contributed by atoms with Gasteiger partial charge in [-0.2, -0.15) is 5.10 Å². The van der Waals surface area contributed by atoms with Crippen molar-refractivity contribution in [1.29, 1.82) is 0 Å². The third-order valence-corrected chi connectivity index (χ3v) is 2.93. The van der Waals surface area contributed by atoms with Gasteiger partial charge in [0.15, 0.2) is 6.73 Å². The number of hydrogen-bond acceptors (Lipinski definition) is 5. The highest BCUT2D eigenvalue weighted by molar-refractivity contribution is 6.34. The first kappa shape index (κ1) is 15.1. The Morgan fingerprint density at radius 1 is 1.48 bits per heavy atom. The van der Waals surface area contributed by atoms with Gasteiger partial charge in [-0.05, 0) is 12.1 Å². The molecule has 0 bridgehead atoms. The smallest absolute Gasteiger partial charge is 0.363 e. The summed E-state index contributed by atoms with van der Waals surface area (Å²) in [5.41, 5.74) is -1.29. The minimum absolute atomic E-state index is 0.249. The summed E-state index contributed by atoms with van der Waals surface area (Å²) >= 11 is 11.7. The highest BCUT2D eigenvalue weighted by Gasteiger charge is 2.25. The van der Waals surface area contributed by atoms with Gasteiger partial charge in [0.2, 0.25) is 5.69 Å². The lowest BCUT2D eigenvalue weighted by molar-refractivity contribution is -0.385. The predicted molar refractivity (Wildman–Crippen MR) is 72.9 cm³/mol. The molecule has 0 spiro atoms. The van der Waals surface area contributed by atoms with Crippen molar-refractivity contribution in [2.24, 2.45) is 0 Å². The molecule has 2 rings (SSSR count). The van der Waals surface area contributed by atoms with Crippen molar-refractivity contribution >= 4 is 34.9 Å². The Morgan fingerprint density at radius 2 is 2.19 bits per heavy atom. The zero-order valence-electron chi connectivity index (χ0n) is 10.2. The molecular weight excluding hydrogens is 325 g/mol. The second-order valence-electron chi connectivity index (χ2n) is 3.81. The van der Waals surface area contributed by atoms with Crippen LogP contribution in [0.25, 0.3) is 0 Å². The van der Waals surface area contributed by atoms with Gasteiger partial charge in [-0.25, -0.2) is 9.48 Å². The molecule has 0 aliphatic carbocycles. The molecule has 0 unspecified atom stereocenters. The van der Waals surface area contributed by atoms with E-state index in [-0.39, 0.29) is 12.5 Å². The van der Waals surface area contributed by atoms with Crippen LogP contribution in [-0.2, 0) is 6.73 Å². The average Bonchev–Trinajstić information content (AvgIpc) is 2.84. The minimum Gasteiger partial charge on any atom is -0.476 e. The number of carboxylic acid groups (broad SMARTS) is 1. The molecule has 0 saturated carbocycles. The molecule has 8 nitrogen and oxygen atoms in total. The fourth-order valence-electron chi connectivity index (χ4n) is 1.49. The van der Waals surface area contributed by atoms with Gasteiger partial charge in [-0.15, -0.1) is 0 Å². The van der Waals surface area contributed by atoms with E-state index in [4.69, 9.17) is 33.0 Å². The Bertz CT molecular complexity index is 684. The molecule has 0 radical (unpaired) electrons. The van der Waals surface area contributed by atoms with E-state index < -0.39 is 22.3 Å². The van der Waals surface area contributed by atoms with Gasteiger partial charge in [-0.1, -0.05) is 23.2 Å². The monoisotopic (exact) mass is 331 g/mol. The molecule has 0 aliphatic heterocycles. The molecule has 1 N–H and O–H groups in total. The van der Waals surface area contributed by atoms with Gasteiger partial charge in [0, 0.05) is 11.1 Å². The topological polar surface area (TPSA) is 107 Å². The SMILES string of the molecule is O=C(O)c1nn(COc2cc(Cl)ccc2Cl)cc1[N+](=O)[O-]. The summed E-state index contributed by atoms with van der Waals surface area (Å²) < 4.78 is 6.28. The predicted octanol–water partition coefficient (Wildman–Crippen LogP) is 2.83. The van der Waals surface area contributed by atoms with Crippen molar-refractivity contribution < 1.29 is 19.6 Å². The summed E-state index contributed by atoms with van der Waals surface area (Å²) in [6, 6.07) is 4.55. The standard InChI is InChI=1S/C11H7Cl2N3O5/c12-6-1-2-7(13)9(3-6)21-5-15-4-8(16(19)20)10(14-15)11(17)18/h1-4H,5H2,(H,17,18).